The second-order valence-corrected chi connectivity index (χ2v) is 5.28. The summed E-state index contributed by atoms with van der Waals surface area (Å²) in [6.07, 6.45) is 1.10. The van der Waals surface area contributed by atoms with Crippen LogP contribution < -0.4 is 10.6 Å². The van der Waals surface area contributed by atoms with Crippen molar-refractivity contribution in [1.82, 2.24) is 25.3 Å². The molecule has 0 amide bonds. The van der Waals surface area contributed by atoms with Gasteiger partial charge < -0.3 is 15.5 Å². The third-order valence-electron chi connectivity index (χ3n) is 3.39. The first-order valence-corrected chi connectivity index (χ1v) is 7.04. The van der Waals surface area contributed by atoms with E-state index in [0.717, 1.165) is 37.7 Å². The topological polar surface area (TPSA) is 57.5 Å². The minimum atomic E-state index is 0. The summed E-state index contributed by atoms with van der Waals surface area (Å²) in [6, 6.07) is 0. The summed E-state index contributed by atoms with van der Waals surface area (Å²) in [4.78, 5) is 6.42. The molecule has 7 heteroatoms. The number of rotatable bonds is 6. The van der Waals surface area contributed by atoms with Crippen LogP contribution in [-0.4, -0.2) is 54.9 Å². The number of nitrogens with zero attached hydrogens (tertiary/aromatic N) is 4. The Balaban J connectivity index is 0.00000400. The van der Waals surface area contributed by atoms with E-state index in [-0.39, 0.29) is 24.0 Å². The molecule has 21 heavy (non-hydrogen) atoms. The molecule has 0 saturated carbocycles. The molecule has 0 spiro atoms. The van der Waals surface area contributed by atoms with Crippen molar-refractivity contribution in [3.05, 3.63) is 17.0 Å². The molecule has 1 heterocycles. The van der Waals surface area contributed by atoms with Crippen molar-refractivity contribution in [3.63, 3.8) is 0 Å². The van der Waals surface area contributed by atoms with Gasteiger partial charge in [0.25, 0.3) is 0 Å². The highest BCUT2D eigenvalue weighted by molar-refractivity contribution is 14.0. The van der Waals surface area contributed by atoms with Crippen molar-refractivity contribution in [2.24, 2.45) is 12.0 Å². The van der Waals surface area contributed by atoms with Crippen LogP contribution in [0, 0.1) is 13.8 Å². The maximum absolute atomic E-state index is 4.42. The van der Waals surface area contributed by atoms with Crippen molar-refractivity contribution >= 4 is 29.9 Å². The SMILES string of the molecule is CN=C(NCCCN(C)C)NCc1c(C)nn(C)c1C.I. The smallest absolute Gasteiger partial charge is 0.191 e. The van der Waals surface area contributed by atoms with Crippen LogP contribution in [-0.2, 0) is 13.6 Å². The first-order valence-electron chi connectivity index (χ1n) is 7.04. The zero-order valence-corrected chi connectivity index (χ0v) is 16.4. The molecular weight excluding hydrogens is 379 g/mol. The van der Waals surface area contributed by atoms with Gasteiger partial charge in [0.05, 0.1) is 5.69 Å². The van der Waals surface area contributed by atoms with E-state index in [9.17, 15) is 0 Å². The van der Waals surface area contributed by atoms with Gasteiger partial charge >= 0.3 is 0 Å². The lowest BCUT2D eigenvalue weighted by Crippen LogP contribution is -2.38. The van der Waals surface area contributed by atoms with E-state index >= 15 is 0 Å². The Bertz CT molecular complexity index is 453. The van der Waals surface area contributed by atoms with E-state index in [0.29, 0.717) is 0 Å². The quantitative estimate of drug-likeness (QED) is 0.322. The van der Waals surface area contributed by atoms with Crippen LogP contribution in [0.25, 0.3) is 0 Å². The molecule has 1 aromatic heterocycles. The van der Waals surface area contributed by atoms with Gasteiger partial charge in [-0.3, -0.25) is 9.67 Å². The van der Waals surface area contributed by atoms with Crippen LogP contribution >= 0.6 is 24.0 Å². The number of aliphatic imine (C=N–C) groups is 1. The maximum Gasteiger partial charge on any atom is 0.191 e. The molecule has 2 N–H and O–H groups in total. The molecule has 1 rings (SSSR count). The highest BCUT2D eigenvalue weighted by Gasteiger charge is 2.09. The fourth-order valence-electron chi connectivity index (χ4n) is 2.07. The summed E-state index contributed by atoms with van der Waals surface area (Å²) in [5.41, 5.74) is 3.50. The average molecular weight is 408 g/mol. The summed E-state index contributed by atoms with van der Waals surface area (Å²) < 4.78 is 1.92. The van der Waals surface area contributed by atoms with E-state index in [1.54, 1.807) is 7.05 Å². The fourth-order valence-corrected chi connectivity index (χ4v) is 2.07. The molecule has 1 aromatic rings. The van der Waals surface area contributed by atoms with Gasteiger partial charge in [-0.05, 0) is 40.9 Å². The summed E-state index contributed by atoms with van der Waals surface area (Å²) in [5.74, 6) is 0.839. The zero-order chi connectivity index (χ0) is 15.1. The highest BCUT2D eigenvalue weighted by Crippen LogP contribution is 2.10. The minimum absolute atomic E-state index is 0. The summed E-state index contributed by atoms with van der Waals surface area (Å²) >= 11 is 0. The predicted octanol–water partition coefficient (Wildman–Crippen LogP) is 1.27. The third kappa shape index (κ3) is 6.64. The van der Waals surface area contributed by atoms with Gasteiger partial charge in [0.1, 0.15) is 0 Å². The van der Waals surface area contributed by atoms with Crippen LogP contribution in [0.5, 0.6) is 0 Å². The molecule has 0 fully saturated rings. The Labute approximate surface area is 145 Å². The standard InChI is InChI=1S/C14H28N6.HI/c1-11-13(12(2)20(6)18-11)10-17-14(15-3)16-8-7-9-19(4)5;/h7-10H2,1-6H3,(H2,15,16,17);1H. The van der Waals surface area contributed by atoms with Crippen molar-refractivity contribution in [2.45, 2.75) is 26.8 Å². The van der Waals surface area contributed by atoms with Gasteiger partial charge in [0.2, 0.25) is 0 Å². The second-order valence-electron chi connectivity index (χ2n) is 5.28. The van der Waals surface area contributed by atoms with Gasteiger partial charge in [-0.1, -0.05) is 0 Å². The molecule has 0 bridgehead atoms. The molecule has 0 aliphatic heterocycles. The normalized spacial score (nSPS) is 11.5. The fraction of sp³-hybridized carbons (Fsp3) is 0.714. The number of hydrogen-bond acceptors (Lipinski definition) is 3. The molecule has 122 valence electrons. The largest absolute Gasteiger partial charge is 0.356 e. The number of aryl methyl sites for hydroxylation is 2. The molecule has 0 aliphatic carbocycles. The summed E-state index contributed by atoms with van der Waals surface area (Å²) in [7, 11) is 7.94. The molecular formula is C14H29IN6. The van der Waals surface area contributed by atoms with Crippen LogP contribution in [0.1, 0.15) is 23.4 Å². The maximum atomic E-state index is 4.42. The molecule has 0 aliphatic rings. The summed E-state index contributed by atoms with van der Waals surface area (Å²) in [5, 5.41) is 11.1. The number of aromatic nitrogens is 2. The second kappa shape index (κ2) is 9.99. The van der Waals surface area contributed by atoms with Crippen molar-refractivity contribution in [2.75, 3.05) is 34.2 Å². The van der Waals surface area contributed by atoms with Gasteiger partial charge in [0, 0.05) is 38.4 Å². The zero-order valence-electron chi connectivity index (χ0n) is 14.0. The molecule has 0 saturated heterocycles. The van der Waals surface area contributed by atoms with Crippen LogP contribution in [0.4, 0.5) is 0 Å². The number of nitrogens with one attached hydrogen (secondary N) is 2. The van der Waals surface area contributed by atoms with Crippen molar-refractivity contribution < 1.29 is 0 Å². The average Bonchev–Trinajstić information content (AvgIpc) is 2.63. The lowest BCUT2D eigenvalue weighted by Gasteiger charge is -2.13. The van der Waals surface area contributed by atoms with Crippen LogP contribution in [0.15, 0.2) is 4.99 Å². The first-order chi connectivity index (χ1) is 9.45. The number of halogens is 1. The minimum Gasteiger partial charge on any atom is -0.356 e. The van der Waals surface area contributed by atoms with Gasteiger partial charge in [0.15, 0.2) is 5.96 Å². The lowest BCUT2D eigenvalue weighted by molar-refractivity contribution is 0.399. The first kappa shape index (κ1) is 20.2. The van der Waals surface area contributed by atoms with Crippen molar-refractivity contribution in [3.8, 4) is 0 Å². The van der Waals surface area contributed by atoms with E-state index in [1.165, 1.54) is 11.3 Å². The van der Waals surface area contributed by atoms with E-state index in [2.05, 4.69) is 46.6 Å². The molecule has 0 aromatic carbocycles. The van der Waals surface area contributed by atoms with E-state index < -0.39 is 0 Å². The Kier molecular flexibility index (Phi) is 9.60. The molecule has 0 radical (unpaired) electrons. The molecule has 0 atom stereocenters. The third-order valence-corrected chi connectivity index (χ3v) is 3.39. The van der Waals surface area contributed by atoms with Crippen molar-refractivity contribution in [1.29, 1.82) is 0 Å². The molecule has 0 unspecified atom stereocenters. The number of hydrogen-bond donors (Lipinski definition) is 2. The predicted molar refractivity (Wildman–Crippen MR) is 99.5 cm³/mol. The molecule has 6 nitrogen and oxygen atoms in total. The summed E-state index contributed by atoms with van der Waals surface area (Å²) in [6.45, 7) is 6.87. The highest BCUT2D eigenvalue weighted by atomic mass is 127. The Morgan fingerprint density at radius 3 is 2.43 bits per heavy atom. The Morgan fingerprint density at radius 1 is 1.29 bits per heavy atom. The lowest BCUT2D eigenvalue weighted by atomic mass is 10.2. The van der Waals surface area contributed by atoms with Gasteiger partial charge in [-0.15, -0.1) is 24.0 Å². The van der Waals surface area contributed by atoms with Crippen LogP contribution in [0.3, 0.4) is 0 Å². The number of guanidine groups is 1. The van der Waals surface area contributed by atoms with Crippen LogP contribution in [0.2, 0.25) is 0 Å². The van der Waals surface area contributed by atoms with E-state index in [1.807, 2.05) is 18.7 Å². The van der Waals surface area contributed by atoms with Gasteiger partial charge in [-0.2, -0.15) is 5.10 Å². The monoisotopic (exact) mass is 408 g/mol. The van der Waals surface area contributed by atoms with Gasteiger partial charge in [-0.25, -0.2) is 0 Å². The Morgan fingerprint density at radius 2 is 1.95 bits per heavy atom. The Hall–Kier alpha value is -0.830. The van der Waals surface area contributed by atoms with E-state index in [4.69, 9.17) is 0 Å².